The topological polar surface area (TPSA) is 117 Å². The molecule has 12 heteroatoms. The molecule has 0 unspecified atom stereocenters. The van der Waals surface area contributed by atoms with Crippen molar-refractivity contribution in [1.29, 1.82) is 5.41 Å². The third-order valence-corrected chi connectivity index (χ3v) is 8.12. The first-order chi connectivity index (χ1) is 16.7. The van der Waals surface area contributed by atoms with E-state index in [-0.39, 0.29) is 21.0 Å². The molecule has 0 atom stereocenters. The fraction of sp³-hybridized carbons (Fsp3) is 0.130. The van der Waals surface area contributed by atoms with Crippen LogP contribution in [-0.4, -0.2) is 52.1 Å². The van der Waals surface area contributed by atoms with Crippen LogP contribution in [0.25, 0.3) is 17.0 Å². The molecule has 2 aliphatic heterocycles. The third-order valence-electron chi connectivity index (χ3n) is 5.29. The van der Waals surface area contributed by atoms with E-state index in [4.69, 9.17) is 21.7 Å². The molecule has 2 aromatic carbocycles. The first-order valence-electron chi connectivity index (χ1n) is 10.4. The number of sulfone groups is 1. The highest BCUT2D eigenvalue weighted by atomic mass is 35.5. The summed E-state index contributed by atoms with van der Waals surface area (Å²) < 4.78 is 31.3. The van der Waals surface area contributed by atoms with Crippen molar-refractivity contribution < 1.29 is 17.9 Å². The summed E-state index contributed by atoms with van der Waals surface area (Å²) in [6.45, 7) is 0.956. The molecule has 3 aromatic rings. The number of aromatic nitrogens is 1. The standard InChI is InChI=1S/C23H18ClN5O4S2/c1-35(31,32)23-27-29-20(25)18(21(30)26-22(29)34-23)12-14-13-28(19-5-3-2-4-17(14)19)10-11-33-16-8-6-15(24)7-9-16/h2-9,12-13,25H,10-11H2,1H3/b18-12-,25-20?. The lowest BCUT2D eigenvalue weighted by Gasteiger charge is -2.19. The summed E-state index contributed by atoms with van der Waals surface area (Å²) in [5.74, 6) is -0.142. The molecule has 5 rings (SSSR count). The second kappa shape index (κ2) is 8.99. The van der Waals surface area contributed by atoms with Crippen LogP contribution >= 0.6 is 23.4 Å². The van der Waals surface area contributed by atoms with Crippen LogP contribution in [0.4, 0.5) is 0 Å². The molecule has 1 aromatic heterocycles. The number of thioether (sulfide) groups is 1. The van der Waals surface area contributed by atoms with Crippen molar-refractivity contribution in [2.75, 3.05) is 12.9 Å². The Hall–Kier alpha value is -3.41. The van der Waals surface area contributed by atoms with Crippen LogP contribution in [0.1, 0.15) is 5.56 Å². The molecule has 1 N–H and O–H groups in total. The number of carbonyl (C=O) groups is 1. The summed E-state index contributed by atoms with van der Waals surface area (Å²) in [4.78, 5) is 16.7. The minimum atomic E-state index is -3.59. The molecule has 0 fully saturated rings. The van der Waals surface area contributed by atoms with Gasteiger partial charge in [-0.05, 0) is 48.2 Å². The highest BCUT2D eigenvalue weighted by Gasteiger charge is 2.38. The van der Waals surface area contributed by atoms with Gasteiger partial charge in [0.1, 0.15) is 12.4 Å². The summed E-state index contributed by atoms with van der Waals surface area (Å²) in [5, 5.41) is 15.1. The van der Waals surface area contributed by atoms with Gasteiger partial charge >= 0.3 is 0 Å². The number of benzene rings is 2. The number of hydrazone groups is 1. The largest absolute Gasteiger partial charge is 0.492 e. The monoisotopic (exact) mass is 527 g/mol. The Balaban J connectivity index is 1.44. The fourth-order valence-electron chi connectivity index (χ4n) is 3.65. The van der Waals surface area contributed by atoms with E-state index in [0.717, 1.165) is 39.5 Å². The van der Waals surface area contributed by atoms with Gasteiger partial charge < -0.3 is 9.30 Å². The number of halogens is 1. The molecule has 0 saturated heterocycles. The van der Waals surface area contributed by atoms with Gasteiger partial charge in [0.25, 0.3) is 5.91 Å². The molecule has 2 aliphatic rings. The predicted octanol–water partition coefficient (Wildman–Crippen LogP) is 3.99. The van der Waals surface area contributed by atoms with Gasteiger partial charge in [-0.25, -0.2) is 8.42 Å². The van der Waals surface area contributed by atoms with Crippen LogP contribution in [0.15, 0.2) is 70.4 Å². The van der Waals surface area contributed by atoms with E-state index in [1.165, 1.54) is 0 Å². The molecule has 1 amide bonds. The molecule has 0 saturated carbocycles. The van der Waals surface area contributed by atoms with Crippen molar-refractivity contribution >= 4 is 71.5 Å². The van der Waals surface area contributed by atoms with E-state index >= 15 is 0 Å². The number of aliphatic imine (C=N–C) groups is 1. The van der Waals surface area contributed by atoms with Crippen LogP contribution < -0.4 is 4.74 Å². The molecule has 3 heterocycles. The van der Waals surface area contributed by atoms with Gasteiger partial charge in [-0.2, -0.15) is 10.0 Å². The maximum absolute atomic E-state index is 12.7. The number of rotatable bonds is 5. The Morgan fingerprint density at radius 3 is 2.66 bits per heavy atom. The Labute approximate surface area is 210 Å². The van der Waals surface area contributed by atoms with Gasteiger partial charge in [-0.15, -0.1) is 5.10 Å². The van der Waals surface area contributed by atoms with Gasteiger partial charge in [0.05, 0.1) is 12.1 Å². The highest BCUT2D eigenvalue weighted by molar-refractivity contribution is 8.42. The van der Waals surface area contributed by atoms with Gasteiger partial charge in [-0.3, -0.25) is 10.2 Å². The number of ether oxygens (including phenoxy) is 1. The van der Waals surface area contributed by atoms with Crippen LogP contribution in [-0.2, 0) is 21.2 Å². The van der Waals surface area contributed by atoms with Crippen molar-refractivity contribution in [3.8, 4) is 5.75 Å². The fourth-order valence-corrected chi connectivity index (χ4v) is 5.46. The highest BCUT2D eigenvalue weighted by Crippen LogP contribution is 2.31. The number of carbonyl (C=O) groups excluding carboxylic acids is 1. The number of amidine groups is 2. The molecule has 0 bridgehead atoms. The number of nitrogens with zero attached hydrogens (tertiary/aromatic N) is 4. The minimum Gasteiger partial charge on any atom is -0.492 e. The Kier molecular flexibility index (Phi) is 5.99. The molecule has 0 spiro atoms. The van der Waals surface area contributed by atoms with E-state index in [2.05, 4.69) is 10.1 Å². The van der Waals surface area contributed by atoms with Crippen molar-refractivity contribution in [1.82, 2.24) is 9.58 Å². The Morgan fingerprint density at radius 2 is 1.91 bits per heavy atom. The lowest BCUT2D eigenvalue weighted by Crippen LogP contribution is -2.35. The predicted molar refractivity (Wildman–Crippen MR) is 139 cm³/mol. The zero-order valence-electron chi connectivity index (χ0n) is 18.3. The van der Waals surface area contributed by atoms with E-state index in [9.17, 15) is 13.2 Å². The maximum Gasteiger partial charge on any atom is 0.283 e. The van der Waals surface area contributed by atoms with E-state index < -0.39 is 15.7 Å². The van der Waals surface area contributed by atoms with E-state index in [1.807, 2.05) is 35.0 Å². The summed E-state index contributed by atoms with van der Waals surface area (Å²) in [7, 11) is -3.59. The van der Waals surface area contributed by atoms with Crippen LogP contribution in [0.5, 0.6) is 5.75 Å². The zero-order valence-corrected chi connectivity index (χ0v) is 20.7. The van der Waals surface area contributed by atoms with Crippen LogP contribution in [0.2, 0.25) is 5.02 Å². The van der Waals surface area contributed by atoms with E-state index in [1.54, 1.807) is 30.3 Å². The smallest absolute Gasteiger partial charge is 0.283 e. The van der Waals surface area contributed by atoms with Crippen LogP contribution in [0, 0.1) is 5.41 Å². The van der Waals surface area contributed by atoms with Crippen LogP contribution in [0.3, 0.4) is 0 Å². The maximum atomic E-state index is 12.7. The molecule has 0 radical (unpaired) electrons. The van der Waals surface area contributed by atoms with Crippen molar-refractivity contribution in [3.05, 3.63) is 70.9 Å². The first kappa shape index (κ1) is 23.3. The SMILES string of the molecule is CS(=O)(=O)C1=NN2C(=N)/C(=C/c3cn(CCOc4ccc(Cl)cc4)c4ccccc34)C(=O)N=C2S1. The zero-order chi connectivity index (χ0) is 24.7. The molecular weight excluding hydrogens is 510 g/mol. The number of fused-ring (bicyclic) bond motifs is 2. The number of nitrogens with one attached hydrogen (secondary N) is 1. The normalized spacial score (nSPS) is 17.1. The summed E-state index contributed by atoms with van der Waals surface area (Å²) in [6, 6.07) is 14.8. The molecule has 0 aliphatic carbocycles. The lowest BCUT2D eigenvalue weighted by atomic mass is 10.1. The van der Waals surface area contributed by atoms with Crippen molar-refractivity contribution in [2.24, 2.45) is 10.1 Å². The van der Waals surface area contributed by atoms with Gasteiger partial charge in [0.15, 0.2) is 5.84 Å². The Bertz CT molecular complexity index is 1570. The number of para-hydroxylation sites is 1. The first-order valence-corrected chi connectivity index (χ1v) is 13.5. The molecule has 9 nitrogen and oxygen atoms in total. The number of hydrogen-bond donors (Lipinski definition) is 1. The summed E-state index contributed by atoms with van der Waals surface area (Å²) in [5.41, 5.74) is 1.68. The number of amides is 1. The minimum absolute atomic E-state index is 0.0215. The van der Waals surface area contributed by atoms with Gasteiger partial charge in [0.2, 0.25) is 19.4 Å². The molecular formula is C23H18ClN5O4S2. The van der Waals surface area contributed by atoms with Gasteiger partial charge in [0, 0.05) is 33.9 Å². The average molecular weight is 528 g/mol. The third kappa shape index (κ3) is 4.62. The second-order valence-corrected chi connectivity index (χ2v) is 11.3. The van der Waals surface area contributed by atoms with Crippen molar-refractivity contribution in [3.63, 3.8) is 0 Å². The average Bonchev–Trinajstić information content (AvgIpc) is 3.40. The summed E-state index contributed by atoms with van der Waals surface area (Å²) >= 11 is 6.67. The molecule has 35 heavy (non-hydrogen) atoms. The lowest BCUT2D eigenvalue weighted by molar-refractivity contribution is -0.114. The molecule has 178 valence electrons. The summed E-state index contributed by atoms with van der Waals surface area (Å²) in [6.07, 6.45) is 4.49. The van der Waals surface area contributed by atoms with E-state index in [0.29, 0.717) is 23.9 Å². The van der Waals surface area contributed by atoms with Crippen molar-refractivity contribution in [2.45, 2.75) is 6.54 Å². The second-order valence-electron chi connectivity index (χ2n) is 7.76. The Morgan fingerprint density at radius 1 is 1.17 bits per heavy atom. The quantitative estimate of drug-likeness (QED) is 0.501. The number of hydrogen-bond acceptors (Lipinski definition) is 7. The van der Waals surface area contributed by atoms with Gasteiger partial charge in [-0.1, -0.05) is 29.8 Å².